The van der Waals surface area contributed by atoms with Gasteiger partial charge in [-0.25, -0.2) is 0 Å². The van der Waals surface area contributed by atoms with Crippen LogP contribution in [0, 0.1) is 0 Å². The van der Waals surface area contributed by atoms with Gasteiger partial charge in [-0.05, 0) is 87.5 Å². The van der Waals surface area contributed by atoms with Crippen LogP contribution < -0.4 is 20.7 Å². The molecule has 0 aliphatic heterocycles. The van der Waals surface area contributed by atoms with Gasteiger partial charge in [-0.15, -0.1) is 0 Å². The minimum absolute atomic E-state index is 0.859. The minimum atomic E-state index is -2.82. The Morgan fingerprint density at radius 1 is 0.254 bits per heavy atom. The van der Waals surface area contributed by atoms with Crippen molar-refractivity contribution in [3.63, 3.8) is 0 Å². The summed E-state index contributed by atoms with van der Waals surface area (Å²) < 4.78 is 14.3. The van der Waals surface area contributed by atoms with Gasteiger partial charge in [-0.3, -0.25) is 0 Å². The Morgan fingerprint density at radius 3 is 1.21 bits per heavy atom. The lowest BCUT2D eigenvalue weighted by molar-refractivity contribution is 0.666. The van der Waals surface area contributed by atoms with Crippen LogP contribution in [0.1, 0.15) is 0 Å². The van der Waals surface area contributed by atoms with Crippen molar-refractivity contribution in [3.8, 4) is 17.1 Å². The monoisotopic (exact) mass is 921 g/mol. The van der Waals surface area contributed by atoms with Gasteiger partial charge >= 0.3 is 0 Å². The molecular weight excluding hydrogens is 879 g/mol. The number of aromatic nitrogens is 3. The van der Waals surface area contributed by atoms with Crippen molar-refractivity contribution in [3.05, 3.63) is 261 Å². The normalized spacial score (nSPS) is 12.2. The number of benzene rings is 11. The van der Waals surface area contributed by atoms with Gasteiger partial charge in [0.05, 0.1) is 38.8 Å². The summed E-state index contributed by atoms with van der Waals surface area (Å²) in [6, 6.07) is 96.3. The topological polar surface area (TPSA) is 27.9 Å². The van der Waals surface area contributed by atoms with Gasteiger partial charge in [0.1, 0.15) is 5.58 Å². The molecule has 332 valence electrons. The van der Waals surface area contributed by atoms with E-state index in [-0.39, 0.29) is 0 Å². The Morgan fingerprint density at radius 2 is 0.648 bits per heavy atom. The second-order valence-electron chi connectivity index (χ2n) is 18.8. The Hall–Kier alpha value is -9.16. The summed E-state index contributed by atoms with van der Waals surface area (Å²) in [5, 5.41) is 14.9. The molecule has 0 saturated carbocycles. The highest BCUT2D eigenvalue weighted by molar-refractivity contribution is 7.20. The van der Waals surface area contributed by atoms with E-state index >= 15 is 0 Å². The molecule has 0 spiro atoms. The van der Waals surface area contributed by atoms with Crippen LogP contribution in [0.5, 0.6) is 0 Å². The second kappa shape index (κ2) is 15.4. The maximum Gasteiger partial charge on any atom is 0.179 e. The molecule has 0 aliphatic rings. The molecule has 15 aromatic rings. The third-order valence-corrected chi connectivity index (χ3v) is 19.9. The maximum absolute atomic E-state index is 7.01. The van der Waals surface area contributed by atoms with E-state index in [0.717, 1.165) is 61.1 Å². The van der Waals surface area contributed by atoms with Crippen LogP contribution in [-0.2, 0) is 0 Å². The first-order valence-electron chi connectivity index (χ1n) is 24.4. The highest BCUT2D eigenvalue weighted by atomic mass is 28.3. The molecule has 5 heteroatoms. The average Bonchev–Trinajstić information content (AvgIpc) is 4.18. The number of rotatable bonds is 7. The van der Waals surface area contributed by atoms with Crippen LogP contribution in [0.25, 0.3) is 104 Å². The molecule has 4 nitrogen and oxygen atoms in total. The number of nitrogens with zero attached hydrogens (tertiary/aromatic N) is 3. The van der Waals surface area contributed by atoms with Crippen LogP contribution in [0.15, 0.2) is 265 Å². The largest absolute Gasteiger partial charge is 0.454 e. The molecule has 71 heavy (non-hydrogen) atoms. The van der Waals surface area contributed by atoms with E-state index in [4.69, 9.17) is 4.42 Å². The van der Waals surface area contributed by atoms with Crippen molar-refractivity contribution < 1.29 is 4.42 Å². The molecule has 4 aromatic heterocycles. The predicted molar refractivity (Wildman–Crippen MR) is 300 cm³/mol. The second-order valence-corrected chi connectivity index (χ2v) is 22.6. The van der Waals surface area contributed by atoms with Gasteiger partial charge in [0, 0.05) is 54.5 Å². The van der Waals surface area contributed by atoms with Crippen LogP contribution in [0.2, 0.25) is 0 Å². The van der Waals surface area contributed by atoms with Gasteiger partial charge in [-0.2, -0.15) is 0 Å². The molecule has 0 unspecified atom stereocenters. The molecule has 15 rings (SSSR count). The summed E-state index contributed by atoms with van der Waals surface area (Å²) in [5.74, 6) is 0. The standard InChI is InChI=1S/C66H43N3OSi/c1-4-20-46(21-5-1)71(47-22-6-2-7-23-47,48-24-8-3-9-25-48)49-37-39-63-56(43-49)53-29-13-18-34-61(53)69(63)64-42-45(41-57-54-30-14-19-35-65(54)70-66(57)64)68-60-33-17-12-28-52(60)55-40-44(36-38-62(55)68)67-58-31-15-10-26-50(58)51-27-11-16-32-59(51)67/h1-43H. The first kappa shape index (κ1) is 39.8. The van der Waals surface area contributed by atoms with E-state index in [2.05, 4.69) is 275 Å². The van der Waals surface area contributed by atoms with Gasteiger partial charge in [0.15, 0.2) is 13.7 Å². The number of furan rings is 1. The van der Waals surface area contributed by atoms with E-state index in [9.17, 15) is 0 Å². The Kier molecular flexibility index (Phi) is 8.64. The van der Waals surface area contributed by atoms with Crippen molar-refractivity contribution >= 4 is 116 Å². The molecule has 0 aliphatic carbocycles. The zero-order valence-electron chi connectivity index (χ0n) is 38.6. The third kappa shape index (κ3) is 5.72. The zero-order valence-corrected chi connectivity index (χ0v) is 39.6. The lowest BCUT2D eigenvalue weighted by atomic mass is 10.1. The summed E-state index contributed by atoms with van der Waals surface area (Å²) in [5.41, 5.74) is 11.9. The molecule has 0 fully saturated rings. The Labute approximate surface area is 410 Å². The van der Waals surface area contributed by atoms with Crippen molar-refractivity contribution in [1.82, 2.24) is 13.7 Å². The Balaban J connectivity index is 1.00. The highest BCUT2D eigenvalue weighted by Gasteiger charge is 2.41. The lowest BCUT2D eigenvalue weighted by Gasteiger charge is -2.34. The average molecular weight is 922 g/mol. The number of para-hydroxylation sites is 5. The molecule has 0 radical (unpaired) electrons. The smallest absolute Gasteiger partial charge is 0.179 e. The van der Waals surface area contributed by atoms with Crippen molar-refractivity contribution in [2.75, 3.05) is 0 Å². The third-order valence-electron chi connectivity index (χ3n) is 15.2. The van der Waals surface area contributed by atoms with Crippen LogP contribution in [-0.4, -0.2) is 21.8 Å². The fraction of sp³-hybridized carbons (Fsp3) is 0. The fourth-order valence-electron chi connectivity index (χ4n) is 12.2. The molecule has 11 aromatic carbocycles. The number of hydrogen-bond acceptors (Lipinski definition) is 1. The van der Waals surface area contributed by atoms with Crippen LogP contribution in [0.3, 0.4) is 0 Å². The van der Waals surface area contributed by atoms with Gasteiger partial charge in [-0.1, -0.05) is 194 Å². The van der Waals surface area contributed by atoms with Crippen molar-refractivity contribution in [2.45, 2.75) is 0 Å². The van der Waals surface area contributed by atoms with Crippen LogP contribution in [0.4, 0.5) is 0 Å². The molecule has 0 N–H and O–H groups in total. The van der Waals surface area contributed by atoms with E-state index in [0.29, 0.717) is 0 Å². The van der Waals surface area contributed by atoms with E-state index < -0.39 is 8.07 Å². The maximum atomic E-state index is 7.01. The molecular formula is C66H43N3OSi. The quantitative estimate of drug-likeness (QED) is 0.116. The van der Waals surface area contributed by atoms with Crippen molar-refractivity contribution in [1.29, 1.82) is 0 Å². The summed E-state index contributed by atoms with van der Waals surface area (Å²) in [4.78, 5) is 0. The molecule has 0 amide bonds. The fourth-order valence-corrected chi connectivity index (χ4v) is 17.0. The first-order chi connectivity index (χ1) is 35.2. The lowest BCUT2D eigenvalue weighted by Crippen LogP contribution is -2.74. The SMILES string of the molecule is c1ccc([Si](c2ccccc2)(c2ccccc2)c2ccc3c(c2)c2ccccc2n3-c2cc(-n3c4ccccc4c4cc(-n5c6ccccc6c6ccccc65)ccc43)cc3c2oc2ccccc23)cc1. The van der Waals surface area contributed by atoms with E-state index in [1.165, 1.54) is 64.1 Å². The highest BCUT2D eigenvalue weighted by Crippen LogP contribution is 2.42. The van der Waals surface area contributed by atoms with E-state index in [1.807, 2.05) is 0 Å². The molecule has 0 saturated heterocycles. The zero-order chi connectivity index (χ0) is 46.6. The number of fused-ring (bicyclic) bond motifs is 12. The van der Waals surface area contributed by atoms with Crippen LogP contribution >= 0.6 is 0 Å². The van der Waals surface area contributed by atoms with Gasteiger partial charge < -0.3 is 18.1 Å². The first-order valence-corrected chi connectivity index (χ1v) is 26.4. The summed E-state index contributed by atoms with van der Waals surface area (Å²) in [6.07, 6.45) is 0. The molecule has 4 heterocycles. The molecule has 0 bridgehead atoms. The number of hydrogen-bond donors (Lipinski definition) is 0. The molecule has 0 atom stereocenters. The minimum Gasteiger partial charge on any atom is -0.454 e. The van der Waals surface area contributed by atoms with Crippen molar-refractivity contribution in [2.24, 2.45) is 0 Å². The van der Waals surface area contributed by atoms with Gasteiger partial charge in [0.2, 0.25) is 0 Å². The summed E-state index contributed by atoms with van der Waals surface area (Å²) in [6.45, 7) is 0. The van der Waals surface area contributed by atoms with E-state index in [1.54, 1.807) is 0 Å². The summed E-state index contributed by atoms with van der Waals surface area (Å²) >= 11 is 0. The Bertz CT molecular complexity index is 4430. The predicted octanol–water partition coefficient (Wildman–Crippen LogP) is 14.3. The van der Waals surface area contributed by atoms with Gasteiger partial charge in [0.25, 0.3) is 0 Å². The summed E-state index contributed by atoms with van der Waals surface area (Å²) in [7, 11) is -2.82.